The number of aromatic hydroxyl groups is 1. The number of nitrogens with one attached hydrogen (secondary N) is 1. The molecule has 0 saturated carbocycles. The quantitative estimate of drug-likeness (QED) is 0.0479. The maximum absolute atomic E-state index is 13.8. The topological polar surface area (TPSA) is 358 Å². The minimum absolute atomic E-state index is 0. The maximum atomic E-state index is 13.8. The summed E-state index contributed by atoms with van der Waals surface area (Å²) in [5.41, 5.74) is -3.13. The normalized spacial score (nSPS) is 11.8. The summed E-state index contributed by atoms with van der Waals surface area (Å²) in [6.45, 7) is 0. The van der Waals surface area contributed by atoms with E-state index in [4.69, 9.17) is 11.6 Å². The monoisotopic (exact) mass is 962 g/mol. The minimum atomic E-state index is -5.83. The van der Waals surface area contributed by atoms with E-state index in [1.165, 1.54) is 0 Å². The van der Waals surface area contributed by atoms with Crippen LogP contribution in [-0.4, -0.2) is 67.0 Å². The first kappa shape index (κ1) is 55.6. The first-order valence-corrected chi connectivity index (χ1v) is 18.5. The number of nitrogens with zero attached hydrogens (tertiary/aromatic N) is 4. The fraction of sp³-hybridized carbons (Fsp3) is 0. The molecular weight excluding hydrogens is 956 g/mol. The predicted molar refractivity (Wildman–Crippen MR) is 155 cm³/mol. The van der Waals surface area contributed by atoms with Gasteiger partial charge in [0.1, 0.15) is 56.9 Å². The largest absolute Gasteiger partial charge is 2.00 e. The Hall–Kier alpha value is -0.411. The number of halogens is 3. The van der Waals surface area contributed by atoms with Crippen molar-refractivity contribution in [2.75, 3.05) is 5.32 Å². The van der Waals surface area contributed by atoms with E-state index in [2.05, 4.69) is 25.5 Å². The molecule has 0 atom stereocenters. The van der Waals surface area contributed by atoms with Crippen LogP contribution in [0.15, 0.2) is 66.2 Å². The second-order valence-electron chi connectivity index (χ2n) is 9.79. The van der Waals surface area contributed by atoms with Gasteiger partial charge in [-0.05, 0) is 29.7 Å². The molecule has 0 aliphatic heterocycles. The van der Waals surface area contributed by atoms with Crippen molar-refractivity contribution in [2.45, 2.75) is 19.6 Å². The number of anilines is 2. The second kappa shape index (κ2) is 20.0. The first-order chi connectivity index (χ1) is 23.3. The van der Waals surface area contributed by atoms with Gasteiger partial charge in [-0.3, -0.25) is 0 Å². The molecule has 2 N–H and O–H groups in total. The van der Waals surface area contributed by atoms with Crippen molar-refractivity contribution < 1.29 is 211 Å². The third kappa shape index (κ3) is 11.7. The zero-order valence-corrected chi connectivity index (χ0v) is 40.9. The fourth-order valence-corrected chi connectivity index (χ4v) is 7.33. The van der Waals surface area contributed by atoms with Gasteiger partial charge in [-0.15, -0.1) is 5.11 Å². The Bertz CT molecular complexity index is 2890. The molecule has 0 spiro atoms. The van der Waals surface area contributed by atoms with Crippen LogP contribution in [0.3, 0.4) is 0 Å². The molecular formula is C24H8ClCuF2N5Na4O15S4. The smallest absolute Gasteiger partial charge is 0.872 e. The van der Waals surface area contributed by atoms with Crippen LogP contribution in [0.4, 0.5) is 31.7 Å². The number of rotatable bonds is 8. The number of hydrogen-bond acceptors (Lipinski definition) is 20. The Kier molecular flexibility index (Phi) is 19.8. The molecule has 0 saturated heterocycles. The Morgan fingerprint density at radius 2 is 1.20 bits per heavy atom. The van der Waals surface area contributed by atoms with Crippen molar-refractivity contribution >= 4 is 96.5 Å². The number of hydrogen-bond donors (Lipinski definition) is 2. The van der Waals surface area contributed by atoms with Crippen LogP contribution in [0, 0.1) is 12.0 Å². The molecule has 1 heterocycles. The van der Waals surface area contributed by atoms with E-state index in [-0.39, 0.29) is 160 Å². The van der Waals surface area contributed by atoms with Crippen molar-refractivity contribution in [3.63, 3.8) is 0 Å². The summed E-state index contributed by atoms with van der Waals surface area (Å²) in [6.07, 6.45) is -1.69. The summed E-state index contributed by atoms with van der Waals surface area (Å²) in [5.74, 6) is -7.08. The fourth-order valence-electron chi connectivity index (χ4n) is 4.59. The van der Waals surface area contributed by atoms with E-state index < -0.39 is 139 Å². The van der Waals surface area contributed by atoms with Crippen LogP contribution in [0.1, 0.15) is 0 Å². The molecule has 0 aliphatic carbocycles. The number of fused-ring (bicyclic) bond motifs is 2. The molecule has 1 aromatic heterocycles. The molecule has 0 unspecified atom stereocenters. The van der Waals surface area contributed by atoms with E-state index in [1.54, 1.807) is 0 Å². The molecule has 0 bridgehead atoms. The summed E-state index contributed by atoms with van der Waals surface area (Å²) in [5, 5.41) is 40.1. The third-order valence-electron chi connectivity index (χ3n) is 6.58. The maximum Gasteiger partial charge on any atom is 2.00 e. The summed E-state index contributed by atoms with van der Waals surface area (Å²) in [7, 11) is -22.7. The minimum Gasteiger partial charge on any atom is -0.872 e. The number of phenols is 1. The zero-order chi connectivity index (χ0) is 38.2. The predicted octanol–water partition coefficient (Wildman–Crippen LogP) is -10.6. The molecule has 5 rings (SSSR count). The molecule has 5 aromatic rings. The average molecular weight is 964 g/mol. The van der Waals surface area contributed by atoms with Gasteiger partial charge in [0.05, 0.1) is 25.3 Å². The van der Waals surface area contributed by atoms with Gasteiger partial charge in [0.25, 0.3) is 0 Å². The summed E-state index contributed by atoms with van der Waals surface area (Å²) in [6, 6.07) is 1.69. The molecule has 0 aliphatic rings. The van der Waals surface area contributed by atoms with Gasteiger partial charge in [0, 0.05) is 27.9 Å². The molecule has 32 heteroatoms. The van der Waals surface area contributed by atoms with Crippen LogP contribution in [0.2, 0.25) is 5.02 Å². The van der Waals surface area contributed by atoms with E-state index in [0.717, 1.165) is 0 Å². The molecule has 0 amide bonds. The van der Waals surface area contributed by atoms with Crippen molar-refractivity contribution in [3.8, 4) is 17.2 Å². The standard InChI is InChI=1S/C24H14ClF2N5O15S4.Cu.4Na/c25-19-22(26)29-24(27)30-23(19)28-7-1-9-14(49(39,40)41)5-11(21(35)18(9)16(2-7)51(45,46)47)31-32-20-13(34)6-15(50(42,43)44)10-3-8(48(36,37)38)4-12(33)17(10)20;;;;;/h1-6,33-35H,(H,28,29,30)(H,36,37,38)(H,39,40,41)(H,42,43,44)(H,45,46,47);;;;;/q;+2;4*+1/p-6. The Morgan fingerprint density at radius 1 is 0.679 bits per heavy atom. The molecule has 279 valence electrons. The van der Waals surface area contributed by atoms with Gasteiger partial charge in [-0.25, -0.2) is 33.7 Å². The summed E-state index contributed by atoms with van der Waals surface area (Å²) < 4.78 is 171. The SMILES string of the molecule is O=S(=O)([O-])c1cc([O-])c2c(N=Nc3cc(S(=O)(=O)[O-])c4cc(Nc5nc(F)nc(F)c5Cl)cc(S(=O)(=O)[O-])c4c3[O-])c(O)cc(S(=O)(=O)[O-])c2c1.[Cu+2].[Na+].[Na+].[Na+].[Na+]. The van der Waals surface area contributed by atoms with Gasteiger partial charge in [-0.1, -0.05) is 29.2 Å². The van der Waals surface area contributed by atoms with Gasteiger partial charge in [-0.2, -0.15) is 23.9 Å². The zero-order valence-electron chi connectivity index (χ0n) is 28.0. The van der Waals surface area contributed by atoms with Crippen LogP contribution in [0.25, 0.3) is 21.5 Å². The van der Waals surface area contributed by atoms with Gasteiger partial charge < -0.3 is 38.8 Å². The van der Waals surface area contributed by atoms with Crippen LogP contribution in [-0.2, 0) is 57.5 Å². The summed E-state index contributed by atoms with van der Waals surface area (Å²) >= 11 is 5.66. The van der Waals surface area contributed by atoms with E-state index in [0.29, 0.717) is 12.1 Å². The number of phenolic OH excluding ortho intramolecular Hbond substituents is 1. The average Bonchev–Trinajstić information content (AvgIpc) is 2.97. The van der Waals surface area contributed by atoms with Crippen LogP contribution >= 0.6 is 11.6 Å². The van der Waals surface area contributed by atoms with E-state index in [1.807, 2.05) is 0 Å². The van der Waals surface area contributed by atoms with Crippen LogP contribution < -0.4 is 134 Å². The Labute approximate surface area is 417 Å². The summed E-state index contributed by atoms with van der Waals surface area (Å²) in [4.78, 5) is 0.0597. The second-order valence-corrected chi connectivity index (χ2v) is 15.6. The third-order valence-corrected chi connectivity index (χ3v) is 10.3. The van der Waals surface area contributed by atoms with Gasteiger partial charge >= 0.3 is 141 Å². The molecule has 4 aromatic carbocycles. The van der Waals surface area contributed by atoms with Gasteiger partial charge in [0.2, 0.25) is 5.95 Å². The molecule has 0 fully saturated rings. The van der Waals surface area contributed by atoms with Gasteiger partial charge in [0.15, 0.2) is 5.82 Å². The van der Waals surface area contributed by atoms with Crippen molar-refractivity contribution in [1.29, 1.82) is 0 Å². The van der Waals surface area contributed by atoms with Crippen molar-refractivity contribution in [2.24, 2.45) is 10.2 Å². The first-order valence-electron chi connectivity index (χ1n) is 12.5. The Balaban J connectivity index is 0.00000605. The van der Waals surface area contributed by atoms with Crippen LogP contribution in [0.5, 0.6) is 17.2 Å². The van der Waals surface area contributed by atoms with Crippen molar-refractivity contribution in [1.82, 2.24) is 9.97 Å². The van der Waals surface area contributed by atoms with E-state index >= 15 is 0 Å². The molecule has 1 radical (unpaired) electrons. The number of benzene rings is 4. The molecule has 56 heavy (non-hydrogen) atoms. The van der Waals surface area contributed by atoms with Crippen molar-refractivity contribution in [3.05, 3.63) is 53.4 Å². The number of aromatic nitrogens is 2. The Morgan fingerprint density at radius 3 is 1.71 bits per heavy atom. The molecule has 20 nitrogen and oxygen atoms in total. The number of azo groups is 1. The van der Waals surface area contributed by atoms with E-state index in [9.17, 15) is 76.0 Å².